The highest BCUT2D eigenvalue weighted by molar-refractivity contribution is 5.95. The van der Waals surface area contributed by atoms with E-state index in [1.54, 1.807) is 6.07 Å². The summed E-state index contributed by atoms with van der Waals surface area (Å²) in [6.07, 6.45) is 6.93. The lowest BCUT2D eigenvalue weighted by atomic mass is 9.97. The van der Waals surface area contributed by atoms with Crippen molar-refractivity contribution in [3.8, 4) is 0 Å². The molecule has 1 aromatic rings. The minimum absolute atomic E-state index is 0.0798. The first-order valence-electron chi connectivity index (χ1n) is 6.88. The summed E-state index contributed by atoms with van der Waals surface area (Å²) in [6, 6.07) is 4.75. The van der Waals surface area contributed by atoms with Gasteiger partial charge >= 0.3 is 5.97 Å². The van der Waals surface area contributed by atoms with Gasteiger partial charge in [0, 0.05) is 12.1 Å². The molecule has 0 fully saturated rings. The lowest BCUT2D eigenvalue weighted by Crippen LogP contribution is -2.14. The Morgan fingerprint density at radius 1 is 1.30 bits per heavy atom. The topological polar surface area (TPSA) is 66.4 Å². The van der Waals surface area contributed by atoms with Crippen molar-refractivity contribution < 1.29 is 14.7 Å². The lowest BCUT2D eigenvalue weighted by Gasteiger charge is -2.13. The summed E-state index contributed by atoms with van der Waals surface area (Å²) in [5, 5.41) is 11.8. The van der Waals surface area contributed by atoms with Crippen molar-refractivity contribution in [3.05, 3.63) is 41.0 Å². The Kier molecular flexibility index (Phi) is 4.56. The molecule has 106 valence electrons. The van der Waals surface area contributed by atoms with Gasteiger partial charge in [-0.05, 0) is 50.3 Å². The SMILES string of the molecule is Cc1ccc(C(=O)O)cc1NC(=O)CC1=CCCCC1. The first-order chi connectivity index (χ1) is 9.56. The first-order valence-corrected chi connectivity index (χ1v) is 6.88. The van der Waals surface area contributed by atoms with Crippen LogP contribution in [0.1, 0.15) is 48.0 Å². The smallest absolute Gasteiger partial charge is 0.335 e. The minimum Gasteiger partial charge on any atom is -0.478 e. The normalized spacial score (nSPS) is 14.6. The van der Waals surface area contributed by atoms with Crippen LogP contribution in [0.15, 0.2) is 29.8 Å². The third-order valence-electron chi connectivity index (χ3n) is 3.53. The summed E-state index contributed by atoms with van der Waals surface area (Å²) in [7, 11) is 0. The van der Waals surface area contributed by atoms with E-state index in [4.69, 9.17) is 5.11 Å². The molecule has 0 atom stereocenters. The van der Waals surface area contributed by atoms with Crippen LogP contribution in [0, 0.1) is 6.92 Å². The summed E-state index contributed by atoms with van der Waals surface area (Å²) >= 11 is 0. The van der Waals surface area contributed by atoms with E-state index in [-0.39, 0.29) is 11.5 Å². The van der Waals surface area contributed by atoms with Gasteiger partial charge in [0.2, 0.25) is 5.91 Å². The molecule has 1 aliphatic carbocycles. The molecule has 0 saturated heterocycles. The van der Waals surface area contributed by atoms with Crippen molar-refractivity contribution in [1.82, 2.24) is 0 Å². The molecular weight excluding hydrogens is 254 g/mol. The Bertz CT molecular complexity index is 561. The Hall–Kier alpha value is -2.10. The molecule has 0 unspecified atom stereocenters. The van der Waals surface area contributed by atoms with Crippen LogP contribution >= 0.6 is 0 Å². The molecular formula is C16H19NO3. The molecule has 0 radical (unpaired) electrons. The fourth-order valence-electron chi connectivity index (χ4n) is 2.36. The van der Waals surface area contributed by atoms with Crippen LogP contribution in [0.5, 0.6) is 0 Å². The maximum Gasteiger partial charge on any atom is 0.335 e. The second-order valence-electron chi connectivity index (χ2n) is 5.17. The highest BCUT2D eigenvalue weighted by Crippen LogP contribution is 2.22. The minimum atomic E-state index is -0.990. The molecule has 0 aliphatic heterocycles. The number of carboxylic acids is 1. The molecule has 2 rings (SSSR count). The second kappa shape index (κ2) is 6.37. The number of aryl methyl sites for hydroxylation is 1. The molecule has 4 heteroatoms. The maximum absolute atomic E-state index is 12.0. The zero-order valence-electron chi connectivity index (χ0n) is 11.6. The molecule has 1 aliphatic rings. The number of hydrogen-bond acceptors (Lipinski definition) is 2. The predicted octanol–water partition coefficient (Wildman–Crippen LogP) is 3.52. The van der Waals surface area contributed by atoms with Gasteiger partial charge in [0.15, 0.2) is 0 Å². The van der Waals surface area contributed by atoms with Crippen LogP contribution in [0.4, 0.5) is 5.69 Å². The van der Waals surface area contributed by atoms with E-state index < -0.39 is 5.97 Å². The van der Waals surface area contributed by atoms with Crippen molar-refractivity contribution >= 4 is 17.6 Å². The number of benzene rings is 1. The summed E-state index contributed by atoms with van der Waals surface area (Å²) in [4.78, 5) is 23.0. The van der Waals surface area contributed by atoms with Crippen LogP contribution in [0.2, 0.25) is 0 Å². The number of rotatable bonds is 4. The van der Waals surface area contributed by atoms with Crippen LogP contribution in [-0.2, 0) is 4.79 Å². The number of allylic oxidation sites excluding steroid dienone is 1. The van der Waals surface area contributed by atoms with E-state index in [9.17, 15) is 9.59 Å². The van der Waals surface area contributed by atoms with Crippen LogP contribution < -0.4 is 5.32 Å². The number of nitrogens with one attached hydrogen (secondary N) is 1. The van der Waals surface area contributed by atoms with E-state index in [2.05, 4.69) is 11.4 Å². The van der Waals surface area contributed by atoms with Crippen LogP contribution in [0.3, 0.4) is 0 Å². The second-order valence-corrected chi connectivity index (χ2v) is 5.17. The highest BCUT2D eigenvalue weighted by Gasteiger charge is 2.12. The number of carboxylic acid groups (broad SMARTS) is 1. The molecule has 0 aromatic heterocycles. The monoisotopic (exact) mass is 273 g/mol. The summed E-state index contributed by atoms with van der Waals surface area (Å²) in [5.74, 6) is -1.07. The van der Waals surface area contributed by atoms with Crippen molar-refractivity contribution in [1.29, 1.82) is 0 Å². The molecule has 0 saturated carbocycles. The van der Waals surface area contributed by atoms with Crippen molar-refractivity contribution in [3.63, 3.8) is 0 Å². The number of hydrogen-bond donors (Lipinski definition) is 2. The molecule has 4 nitrogen and oxygen atoms in total. The largest absolute Gasteiger partial charge is 0.478 e. The lowest BCUT2D eigenvalue weighted by molar-refractivity contribution is -0.115. The summed E-state index contributed by atoms with van der Waals surface area (Å²) in [5.41, 5.74) is 2.80. The Labute approximate surface area is 118 Å². The average molecular weight is 273 g/mol. The van der Waals surface area contributed by atoms with Gasteiger partial charge in [0.25, 0.3) is 0 Å². The van der Waals surface area contributed by atoms with E-state index in [0.29, 0.717) is 12.1 Å². The molecule has 0 spiro atoms. The molecule has 1 amide bonds. The fraction of sp³-hybridized carbons (Fsp3) is 0.375. The standard InChI is InChI=1S/C16H19NO3/c1-11-7-8-13(16(19)20)10-14(11)17-15(18)9-12-5-3-2-4-6-12/h5,7-8,10H,2-4,6,9H2,1H3,(H,17,18)(H,19,20). The fourth-order valence-corrected chi connectivity index (χ4v) is 2.36. The van der Waals surface area contributed by atoms with Gasteiger partial charge in [0.05, 0.1) is 5.56 Å². The molecule has 20 heavy (non-hydrogen) atoms. The van der Waals surface area contributed by atoms with Gasteiger partial charge in [-0.15, -0.1) is 0 Å². The van der Waals surface area contributed by atoms with Crippen molar-refractivity contribution in [2.45, 2.75) is 39.0 Å². The van der Waals surface area contributed by atoms with Crippen molar-refractivity contribution in [2.24, 2.45) is 0 Å². The van der Waals surface area contributed by atoms with Crippen LogP contribution in [0.25, 0.3) is 0 Å². The molecule has 0 bridgehead atoms. The maximum atomic E-state index is 12.0. The number of carbonyl (C=O) groups excluding carboxylic acids is 1. The average Bonchev–Trinajstić information content (AvgIpc) is 2.42. The van der Waals surface area contributed by atoms with E-state index in [1.807, 2.05) is 6.92 Å². The van der Waals surface area contributed by atoms with Gasteiger partial charge in [-0.3, -0.25) is 4.79 Å². The first kappa shape index (κ1) is 14.3. The summed E-state index contributed by atoms with van der Waals surface area (Å²) < 4.78 is 0. The Morgan fingerprint density at radius 3 is 2.75 bits per heavy atom. The zero-order chi connectivity index (χ0) is 14.5. The number of anilines is 1. The van der Waals surface area contributed by atoms with Gasteiger partial charge in [-0.2, -0.15) is 0 Å². The van der Waals surface area contributed by atoms with Gasteiger partial charge in [0.1, 0.15) is 0 Å². The highest BCUT2D eigenvalue weighted by atomic mass is 16.4. The number of aromatic carboxylic acids is 1. The third-order valence-corrected chi connectivity index (χ3v) is 3.53. The predicted molar refractivity (Wildman–Crippen MR) is 77.9 cm³/mol. The van der Waals surface area contributed by atoms with Gasteiger partial charge < -0.3 is 10.4 Å². The van der Waals surface area contributed by atoms with Crippen molar-refractivity contribution in [2.75, 3.05) is 5.32 Å². The number of amides is 1. The zero-order valence-corrected chi connectivity index (χ0v) is 11.6. The molecule has 0 heterocycles. The van der Waals surface area contributed by atoms with E-state index in [1.165, 1.54) is 24.1 Å². The van der Waals surface area contributed by atoms with Crippen LogP contribution in [-0.4, -0.2) is 17.0 Å². The van der Waals surface area contributed by atoms with E-state index in [0.717, 1.165) is 24.8 Å². The Balaban J connectivity index is 2.05. The van der Waals surface area contributed by atoms with E-state index >= 15 is 0 Å². The third kappa shape index (κ3) is 3.70. The molecule has 2 N–H and O–H groups in total. The molecule has 1 aromatic carbocycles. The van der Waals surface area contributed by atoms with Gasteiger partial charge in [-0.1, -0.05) is 17.7 Å². The quantitative estimate of drug-likeness (QED) is 0.825. The summed E-state index contributed by atoms with van der Waals surface area (Å²) in [6.45, 7) is 1.85. The number of carbonyl (C=O) groups is 2. The van der Waals surface area contributed by atoms with Gasteiger partial charge in [-0.25, -0.2) is 4.79 Å². The Morgan fingerprint density at radius 2 is 2.10 bits per heavy atom.